The molecule has 1 amide bonds. The Morgan fingerprint density at radius 3 is 3.05 bits per heavy atom. The van der Waals surface area contributed by atoms with Crippen molar-refractivity contribution in [3.8, 4) is 11.5 Å². The molecular weight excluding hydrogens is 244 g/mol. The quantitative estimate of drug-likeness (QED) is 0.852. The zero-order valence-electron chi connectivity index (χ0n) is 10.9. The molecule has 19 heavy (non-hydrogen) atoms. The van der Waals surface area contributed by atoms with E-state index in [0.717, 1.165) is 30.8 Å². The second-order valence-corrected chi connectivity index (χ2v) is 5.13. The van der Waals surface area contributed by atoms with Crippen LogP contribution in [0.5, 0.6) is 11.5 Å². The highest BCUT2D eigenvalue weighted by Crippen LogP contribution is 2.34. The van der Waals surface area contributed by atoms with Crippen LogP contribution in [0, 0.1) is 5.92 Å². The number of anilines is 1. The van der Waals surface area contributed by atoms with E-state index in [4.69, 9.17) is 9.47 Å². The Morgan fingerprint density at radius 2 is 2.21 bits per heavy atom. The molecule has 3 rings (SSSR count). The second kappa shape index (κ2) is 5.09. The zero-order valence-corrected chi connectivity index (χ0v) is 10.9. The van der Waals surface area contributed by atoms with Crippen LogP contribution in [0.2, 0.25) is 0 Å². The Hall–Kier alpha value is -1.75. The first-order chi connectivity index (χ1) is 9.22. The summed E-state index contributed by atoms with van der Waals surface area (Å²) in [6, 6.07) is 5.88. The summed E-state index contributed by atoms with van der Waals surface area (Å²) >= 11 is 0. The van der Waals surface area contributed by atoms with Gasteiger partial charge in [0.05, 0.1) is 0 Å². The van der Waals surface area contributed by atoms with Gasteiger partial charge in [-0.3, -0.25) is 4.79 Å². The Kier molecular flexibility index (Phi) is 3.29. The summed E-state index contributed by atoms with van der Waals surface area (Å²) in [7, 11) is 0. The van der Waals surface area contributed by atoms with Gasteiger partial charge in [-0.05, 0) is 38.4 Å². The van der Waals surface area contributed by atoms with E-state index in [-0.39, 0.29) is 18.6 Å². The van der Waals surface area contributed by atoms with Crippen molar-refractivity contribution in [3.63, 3.8) is 0 Å². The fourth-order valence-electron chi connectivity index (χ4n) is 2.59. The molecule has 2 N–H and O–H groups in total. The number of nitrogens with one attached hydrogen (secondary N) is 2. The van der Waals surface area contributed by atoms with Crippen molar-refractivity contribution in [1.82, 2.24) is 5.32 Å². The number of fused-ring (bicyclic) bond motifs is 1. The number of piperidine rings is 1. The van der Waals surface area contributed by atoms with Crippen LogP contribution in [0.3, 0.4) is 0 Å². The van der Waals surface area contributed by atoms with Gasteiger partial charge in [0.1, 0.15) is 0 Å². The first-order valence-corrected chi connectivity index (χ1v) is 6.66. The summed E-state index contributed by atoms with van der Waals surface area (Å²) in [4.78, 5) is 12.2. The first-order valence-electron chi connectivity index (χ1n) is 6.66. The van der Waals surface area contributed by atoms with Gasteiger partial charge in [-0.15, -0.1) is 0 Å². The van der Waals surface area contributed by atoms with Gasteiger partial charge < -0.3 is 20.1 Å². The molecule has 2 aliphatic heterocycles. The van der Waals surface area contributed by atoms with Crippen molar-refractivity contribution in [2.75, 3.05) is 18.7 Å². The molecule has 1 aromatic carbocycles. The standard InChI is InChI=1S/C14H18N2O3/c1-9-6-10(4-5-15-9)14(17)16-11-2-3-12-13(7-11)19-8-18-12/h2-3,7,9-10,15H,4-6,8H2,1H3,(H,16,17)/t9-,10-/m0/s1. The van der Waals surface area contributed by atoms with Gasteiger partial charge in [0.2, 0.25) is 12.7 Å². The Morgan fingerprint density at radius 1 is 1.37 bits per heavy atom. The van der Waals surface area contributed by atoms with Crippen LogP contribution in [-0.2, 0) is 4.79 Å². The molecule has 2 aliphatic rings. The van der Waals surface area contributed by atoms with Crippen LogP contribution in [0.25, 0.3) is 0 Å². The summed E-state index contributed by atoms with van der Waals surface area (Å²) in [5.74, 6) is 1.60. The van der Waals surface area contributed by atoms with E-state index in [1.807, 2.05) is 18.2 Å². The maximum atomic E-state index is 12.2. The number of rotatable bonds is 2. The number of carbonyl (C=O) groups is 1. The van der Waals surface area contributed by atoms with Gasteiger partial charge in [-0.25, -0.2) is 0 Å². The molecule has 0 unspecified atom stereocenters. The largest absolute Gasteiger partial charge is 0.454 e. The molecule has 0 radical (unpaired) electrons. The SMILES string of the molecule is C[C@H]1C[C@@H](C(=O)Nc2ccc3c(c2)OCO3)CCN1. The molecule has 0 bridgehead atoms. The molecule has 1 saturated heterocycles. The average molecular weight is 262 g/mol. The third-order valence-electron chi connectivity index (χ3n) is 3.63. The van der Waals surface area contributed by atoms with Gasteiger partial charge in [0, 0.05) is 23.7 Å². The number of benzene rings is 1. The number of carbonyl (C=O) groups excluding carboxylic acids is 1. The van der Waals surface area contributed by atoms with Crippen LogP contribution >= 0.6 is 0 Å². The van der Waals surface area contributed by atoms with Gasteiger partial charge in [-0.2, -0.15) is 0 Å². The Bertz CT molecular complexity index is 490. The van der Waals surface area contributed by atoms with E-state index in [9.17, 15) is 4.79 Å². The van der Waals surface area contributed by atoms with E-state index in [1.165, 1.54) is 0 Å². The molecule has 0 spiro atoms. The molecule has 1 aromatic rings. The Labute approximate surface area is 112 Å². The highest BCUT2D eigenvalue weighted by molar-refractivity contribution is 5.93. The van der Waals surface area contributed by atoms with Crippen LogP contribution < -0.4 is 20.1 Å². The van der Waals surface area contributed by atoms with Crippen molar-refractivity contribution in [2.24, 2.45) is 5.92 Å². The lowest BCUT2D eigenvalue weighted by Crippen LogP contribution is -2.40. The van der Waals surface area contributed by atoms with Crippen molar-refractivity contribution < 1.29 is 14.3 Å². The third kappa shape index (κ3) is 2.66. The summed E-state index contributed by atoms with van der Waals surface area (Å²) in [6.45, 7) is 3.26. The fraction of sp³-hybridized carbons (Fsp3) is 0.500. The average Bonchev–Trinajstić information content (AvgIpc) is 2.86. The van der Waals surface area contributed by atoms with Crippen molar-refractivity contribution in [2.45, 2.75) is 25.8 Å². The maximum Gasteiger partial charge on any atom is 0.231 e. The molecule has 2 heterocycles. The summed E-state index contributed by atoms with van der Waals surface area (Å²) < 4.78 is 10.5. The van der Waals surface area contributed by atoms with E-state index in [1.54, 1.807) is 0 Å². The monoisotopic (exact) mass is 262 g/mol. The molecule has 0 aliphatic carbocycles. The molecule has 1 fully saturated rings. The van der Waals surface area contributed by atoms with Gasteiger partial charge in [-0.1, -0.05) is 0 Å². The van der Waals surface area contributed by atoms with Crippen LogP contribution in [-0.4, -0.2) is 25.3 Å². The van der Waals surface area contributed by atoms with Crippen LogP contribution in [0.4, 0.5) is 5.69 Å². The maximum absolute atomic E-state index is 12.2. The zero-order chi connectivity index (χ0) is 13.2. The van der Waals surface area contributed by atoms with E-state index >= 15 is 0 Å². The lowest BCUT2D eigenvalue weighted by Gasteiger charge is -2.27. The molecule has 0 saturated carbocycles. The minimum atomic E-state index is 0.0849. The lowest BCUT2D eigenvalue weighted by atomic mass is 9.92. The normalized spacial score (nSPS) is 25.1. The van der Waals surface area contributed by atoms with Crippen molar-refractivity contribution >= 4 is 11.6 Å². The number of hydrogen-bond donors (Lipinski definition) is 2. The van der Waals surface area contributed by atoms with Gasteiger partial charge in [0.15, 0.2) is 11.5 Å². The minimum absolute atomic E-state index is 0.0849. The molecule has 102 valence electrons. The molecule has 5 heteroatoms. The number of amides is 1. The highest BCUT2D eigenvalue weighted by Gasteiger charge is 2.25. The summed E-state index contributed by atoms with van der Waals surface area (Å²) in [5.41, 5.74) is 0.764. The van der Waals surface area contributed by atoms with E-state index in [0.29, 0.717) is 11.8 Å². The number of ether oxygens (including phenoxy) is 2. The first kappa shape index (κ1) is 12.3. The topological polar surface area (TPSA) is 59.6 Å². The van der Waals surface area contributed by atoms with Gasteiger partial charge in [0.25, 0.3) is 0 Å². The lowest BCUT2D eigenvalue weighted by molar-refractivity contribution is -0.120. The molecule has 5 nitrogen and oxygen atoms in total. The van der Waals surface area contributed by atoms with E-state index < -0.39 is 0 Å². The predicted molar refractivity (Wildman–Crippen MR) is 71.4 cm³/mol. The Balaban J connectivity index is 1.66. The highest BCUT2D eigenvalue weighted by atomic mass is 16.7. The second-order valence-electron chi connectivity index (χ2n) is 5.13. The molecular formula is C14H18N2O3. The fourth-order valence-corrected chi connectivity index (χ4v) is 2.59. The molecule has 0 aromatic heterocycles. The van der Waals surface area contributed by atoms with Crippen LogP contribution in [0.15, 0.2) is 18.2 Å². The number of hydrogen-bond acceptors (Lipinski definition) is 4. The van der Waals surface area contributed by atoms with Gasteiger partial charge >= 0.3 is 0 Å². The van der Waals surface area contributed by atoms with Crippen LogP contribution in [0.1, 0.15) is 19.8 Å². The molecule has 2 atom stereocenters. The van der Waals surface area contributed by atoms with Crippen molar-refractivity contribution in [1.29, 1.82) is 0 Å². The third-order valence-corrected chi connectivity index (χ3v) is 3.63. The van der Waals surface area contributed by atoms with Crippen molar-refractivity contribution in [3.05, 3.63) is 18.2 Å². The smallest absolute Gasteiger partial charge is 0.231 e. The predicted octanol–water partition coefficient (Wildman–Crippen LogP) is 1.74. The minimum Gasteiger partial charge on any atom is -0.454 e. The summed E-state index contributed by atoms with van der Waals surface area (Å²) in [6.07, 6.45) is 1.77. The summed E-state index contributed by atoms with van der Waals surface area (Å²) in [5, 5.41) is 6.31. The van der Waals surface area contributed by atoms with E-state index in [2.05, 4.69) is 17.6 Å².